The molecule has 0 aliphatic rings. The monoisotopic (exact) mass is 226 g/mol. The van der Waals surface area contributed by atoms with E-state index in [1.54, 1.807) is 6.33 Å². The molecule has 15 heavy (non-hydrogen) atoms. The van der Waals surface area contributed by atoms with Crippen LogP contribution in [0.15, 0.2) is 6.33 Å². The number of hydrogen-bond donors (Lipinski definition) is 3. The van der Waals surface area contributed by atoms with Gasteiger partial charge in [-0.25, -0.2) is 4.98 Å². The lowest BCUT2D eigenvalue weighted by Crippen LogP contribution is -2.35. The van der Waals surface area contributed by atoms with Crippen LogP contribution in [0.5, 0.6) is 0 Å². The van der Waals surface area contributed by atoms with Gasteiger partial charge < -0.3 is 15.6 Å². The first-order chi connectivity index (χ1) is 7.19. The van der Waals surface area contributed by atoms with Gasteiger partial charge in [0.05, 0.1) is 18.1 Å². The van der Waals surface area contributed by atoms with E-state index in [1.165, 1.54) is 0 Å². The first-order valence-corrected chi connectivity index (χ1v) is 5.58. The van der Waals surface area contributed by atoms with Gasteiger partial charge in [-0.3, -0.25) is 0 Å². The molecule has 0 radical (unpaired) electrons. The van der Waals surface area contributed by atoms with Crippen molar-refractivity contribution < 1.29 is 0 Å². The minimum absolute atomic E-state index is 0.196. The summed E-state index contributed by atoms with van der Waals surface area (Å²) in [6.45, 7) is 4.17. The smallest absolute Gasteiger partial charge is 0.166 e. The van der Waals surface area contributed by atoms with Crippen molar-refractivity contribution in [3.05, 3.63) is 17.7 Å². The Morgan fingerprint density at radius 1 is 1.67 bits per heavy atom. The number of nitrogens with zero attached hydrogens (tertiary/aromatic N) is 1. The predicted molar refractivity (Wildman–Crippen MR) is 65.8 cm³/mol. The molecule has 5 heteroatoms. The van der Waals surface area contributed by atoms with Gasteiger partial charge in [0.15, 0.2) is 5.11 Å². The lowest BCUT2D eigenvalue weighted by atomic mass is 10.1. The number of aromatic amines is 1. The van der Waals surface area contributed by atoms with Gasteiger partial charge in [-0.2, -0.15) is 0 Å². The van der Waals surface area contributed by atoms with Crippen molar-refractivity contribution >= 4 is 17.3 Å². The topological polar surface area (TPSA) is 52.7 Å². The van der Waals surface area contributed by atoms with E-state index in [0.29, 0.717) is 5.11 Å². The summed E-state index contributed by atoms with van der Waals surface area (Å²) < 4.78 is 0. The van der Waals surface area contributed by atoms with Crippen LogP contribution in [-0.2, 0) is 0 Å². The van der Waals surface area contributed by atoms with Crippen LogP contribution in [0.2, 0.25) is 0 Å². The highest BCUT2D eigenvalue weighted by molar-refractivity contribution is 7.80. The molecule has 1 aromatic rings. The second-order valence-electron chi connectivity index (χ2n) is 3.48. The molecule has 0 aliphatic heterocycles. The highest BCUT2D eigenvalue weighted by Gasteiger charge is 2.15. The minimum atomic E-state index is 0.196. The highest BCUT2D eigenvalue weighted by Crippen LogP contribution is 2.18. The Bertz CT molecular complexity index is 321. The third kappa shape index (κ3) is 3.20. The maximum Gasteiger partial charge on any atom is 0.166 e. The Morgan fingerprint density at radius 2 is 2.40 bits per heavy atom. The number of imidazole rings is 1. The standard InChI is InChI=1S/C10H18N4S/c1-4-5-8(14-10(15)11-3)9-7(2)12-6-13-9/h6,8H,4-5H2,1-3H3,(H,12,13)(H2,11,14,15). The fourth-order valence-electron chi connectivity index (χ4n) is 1.52. The maximum absolute atomic E-state index is 5.10. The van der Waals surface area contributed by atoms with Gasteiger partial charge in [-0.05, 0) is 25.6 Å². The van der Waals surface area contributed by atoms with E-state index in [2.05, 4.69) is 27.5 Å². The number of aromatic nitrogens is 2. The third-order valence-corrected chi connectivity index (χ3v) is 2.63. The second kappa shape index (κ2) is 5.70. The number of aryl methyl sites for hydroxylation is 1. The van der Waals surface area contributed by atoms with Crippen LogP contribution < -0.4 is 10.6 Å². The van der Waals surface area contributed by atoms with E-state index in [0.717, 1.165) is 24.2 Å². The Kier molecular flexibility index (Phi) is 4.55. The number of hydrogen-bond acceptors (Lipinski definition) is 2. The zero-order valence-corrected chi connectivity index (χ0v) is 10.2. The molecule has 0 aromatic carbocycles. The molecule has 0 amide bonds. The van der Waals surface area contributed by atoms with Crippen LogP contribution in [-0.4, -0.2) is 22.1 Å². The molecular weight excluding hydrogens is 208 g/mol. The lowest BCUT2D eigenvalue weighted by Gasteiger charge is -2.18. The van der Waals surface area contributed by atoms with E-state index in [1.807, 2.05) is 14.0 Å². The summed E-state index contributed by atoms with van der Waals surface area (Å²) in [7, 11) is 1.82. The maximum atomic E-state index is 5.10. The van der Waals surface area contributed by atoms with E-state index >= 15 is 0 Å². The third-order valence-electron chi connectivity index (χ3n) is 2.31. The predicted octanol–water partition coefficient (Wildman–Crippen LogP) is 1.65. The van der Waals surface area contributed by atoms with Gasteiger partial charge in [-0.15, -0.1) is 0 Å². The average molecular weight is 226 g/mol. The largest absolute Gasteiger partial charge is 0.366 e. The Balaban J connectivity index is 2.74. The van der Waals surface area contributed by atoms with Crippen molar-refractivity contribution in [2.24, 2.45) is 0 Å². The van der Waals surface area contributed by atoms with Crippen molar-refractivity contribution in [1.82, 2.24) is 20.6 Å². The van der Waals surface area contributed by atoms with Gasteiger partial charge in [-0.1, -0.05) is 13.3 Å². The van der Waals surface area contributed by atoms with Crippen LogP contribution in [0.4, 0.5) is 0 Å². The molecule has 3 N–H and O–H groups in total. The summed E-state index contributed by atoms with van der Waals surface area (Å²) in [5.74, 6) is 0. The lowest BCUT2D eigenvalue weighted by molar-refractivity contribution is 0.563. The molecule has 0 fully saturated rings. The van der Waals surface area contributed by atoms with Gasteiger partial charge in [0, 0.05) is 12.7 Å². The van der Waals surface area contributed by atoms with Crippen LogP contribution >= 0.6 is 12.2 Å². The molecule has 0 aliphatic carbocycles. The fourth-order valence-corrected chi connectivity index (χ4v) is 1.66. The highest BCUT2D eigenvalue weighted by atomic mass is 32.1. The minimum Gasteiger partial charge on any atom is -0.366 e. The Hall–Kier alpha value is -1.10. The van der Waals surface area contributed by atoms with Crippen LogP contribution in [0.1, 0.15) is 37.2 Å². The molecule has 4 nitrogen and oxygen atoms in total. The summed E-state index contributed by atoms with van der Waals surface area (Å²) in [6, 6.07) is 0.196. The van der Waals surface area contributed by atoms with Gasteiger partial charge in [0.1, 0.15) is 0 Å². The first kappa shape index (κ1) is 12.0. The molecule has 1 atom stereocenters. The fraction of sp³-hybridized carbons (Fsp3) is 0.600. The van der Waals surface area contributed by atoms with E-state index < -0.39 is 0 Å². The van der Waals surface area contributed by atoms with Crippen molar-refractivity contribution in [2.75, 3.05) is 7.05 Å². The average Bonchev–Trinajstić information content (AvgIpc) is 2.63. The summed E-state index contributed by atoms with van der Waals surface area (Å²) >= 11 is 5.10. The molecule has 0 bridgehead atoms. The van der Waals surface area contributed by atoms with Gasteiger partial charge in [0.2, 0.25) is 0 Å². The molecule has 1 unspecified atom stereocenters. The molecule has 1 aromatic heterocycles. The van der Waals surface area contributed by atoms with Crippen molar-refractivity contribution in [1.29, 1.82) is 0 Å². The summed E-state index contributed by atoms with van der Waals surface area (Å²) in [4.78, 5) is 7.40. The molecule has 0 saturated carbocycles. The second-order valence-corrected chi connectivity index (χ2v) is 3.89. The number of H-pyrrole nitrogens is 1. The number of rotatable bonds is 4. The normalized spacial score (nSPS) is 12.2. The Morgan fingerprint density at radius 3 is 2.87 bits per heavy atom. The summed E-state index contributed by atoms with van der Waals surface area (Å²) in [5.41, 5.74) is 2.15. The van der Waals surface area contributed by atoms with Gasteiger partial charge in [0.25, 0.3) is 0 Å². The SMILES string of the molecule is CCCC(NC(=S)NC)c1nc[nH]c1C. The summed E-state index contributed by atoms with van der Waals surface area (Å²) in [6.07, 6.45) is 3.83. The number of thiocarbonyl (C=S) groups is 1. The van der Waals surface area contributed by atoms with Gasteiger partial charge >= 0.3 is 0 Å². The molecule has 1 heterocycles. The Labute approximate surface area is 95.9 Å². The van der Waals surface area contributed by atoms with E-state index in [4.69, 9.17) is 12.2 Å². The van der Waals surface area contributed by atoms with E-state index in [9.17, 15) is 0 Å². The zero-order valence-electron chi connectivity index (χ0n) is 9.42. The molecule has 84 valence electrons. The van der Waals surface area contributed by atoms with Crippen molar-refractivity contribution in [3.8, 4) is 0 Å². The van der Waals surface area contributed by atoms with Crippen LogP contribution in [0.25, 0.3) is 0 Å². The van der Waals surface area contributed by atoms with E-state index in [-0.39, 0.29) is 6.04 Å². The number of nitrogens with one attached hydrogen (secondary N) is 3. The van der Waals surface area contributed by atoms with Crippen molar-refractivity contribution in [3.63, 3.8) is 0 Å². The summed E-state index contributed by atoms with van der Waals surface area (Å²) in [5, 5.41) is 6.83. The first-order valence-electron chi connectivity index (χ1n) is 5.17. The van der Waals surface area contributed by atoms with Crippen LogP contribution in [0.3, 0.4) is 0 Å². The molecule has 0 spiro atoms. The molecule has 0 saturated heterocycles. The molecular formula is C10H18N4S. The van der Waals surface area contributed by atoms with Crippen molar-refractivity contribution in [2.45, 2.75) is 32.7 Å². The zero-order chi connectivity index (χ0) is 11.3. The molecule has 1 rings (SSSR count). The quantitative estimate of drug-likeness (QED) is 0.683. The van der Waals surface area contributed by atoms with Crippen LogP contribution in [0, 0.1) is 6.92 Å².